The van der Waals surface area contributed by atoms with Crippen LogP contribution in [0.4, 0.5) is 0 Å². The molecule has 1 aromatic rings. The van der Waals surface area contributed by atoms with Crippen molar-refractivity contribution in [3.8, 4) is 0 Å². The highest BCUT2D eigenvalue weighted by atomic mass is 32.1. The lowest BCUT2D eigenvalue weighted by atomic mass is 10.2. The Morgan fingerprint density at radius 3 is 3.00 bits per heavy atom. The number of ether oxygens (including phenoxy) is 1. The normalized spacial score (nSPS) is 10.6. The molecule has 0 aliphatic rings. The van der Waals surface area contributed by atoms with Gasteiger partial charge in [-0.3, -0.25) is 0 Å². The zero-order valence-electron chi connectivity index (χ0n) is 8.79. The number of unbranched alkanes of at least 4 members (excludes halogenated alkanes) is 2. The monoisotopic (exact) mass is 213 g/mol. The van der Waals surface area contributed by atoms with Crippen LogP contribution in [0.2, 0.25) is 0 Å². The van der Waals surface area contributed by atoms with E-state index in [2.05, 4.69) is 22.8 Å². The predicted molar refractivity (Wildman–Crippen MR) is 61.8 cm³/mol. The first kappa shape index (κ1) is 11.7. The van der Waals surface area contributed by atoms with E-state index in [0.717, 1.165) is 19.8 Å². The molecular formula is C11H19NOS. The summed E-state index contributed by atoms with van der Waals surface area (Å²) in [5.41, 5.74) is 0. The maximum absolute atomic E-state index is 5.55. The zero-order chi connectivity index (χ0) is 10.1. The van der Waals surface area contributed by atoms with Crippen LogP contribution in [-0.4, -0.2) is 20.2 Å². The molecule has 0 aliphatic heterocycles. The van der Waals surface area contributed by atoms with Crippen molar-refractivity contribution in [2.45, 2.75) is 25.9 Å². The fourth-order valence-corrected chi connectivity index (χ4v) is 1.89. The van der Waals surface area contributed by atoms with Crippen LogP contribution >= 0.6 is 11.3 Å². The molecule has 0 radical (unpaired) electrons. The van der Waals surface area contributed by atoms with Crippen molar-refractivity contribution in [1.82, 2.24) is 5.32 Å². The van der Waals surface area contributed by atoms with Crippen molar-refractivity contribution in [1.29, 1.82) is 0 Å². The van der Waals surface area contributed by atoms with E-state index in [1.165, 1.54) is 24.1 Å². The van der Waals surface area contributed by atoms with Crippen molar-refractivity contribution < 1.29 is 4.74 Å². The van der Waals surface area contributed by atoms with E-state index in [0.29, 0.717) is 0 Å². The molecule has 0 saturated heterocycles. The number of thiophene rings is 1. The summed E-state index contributed by atoms with van der Waals surface area (Å²) in [6, 6.07) is 4.18. The summed E-state index contributed by atoms with van der Waals surface area (Å²) < 4.78 is 5.55. The Balaban J connectivity index is 1.85. The van der Waals surface area contributed by atoms with Crippen molar-refractivity contribution in [2.75, 3.05) is 20.2 Å². The largest absolute Gasteiger partial charge is 0.376 e. The summed E-state index contributed by atoms with van der Waals surface area (Å²) in [4.78, 5) is 1.32. The summed E-state index contributed by atoms with van der Waals surface area (Å²) in [6.07, 6.45) is 3.68. The third kappa shape index (κ3) is 5.37. The predicted octanol–water partition coefficient (Wildman–Crippen LogP) is 2.65. The lowest BCUT2D eigenvalue weighted by Gasteiger charge is -2.02. The second-order valence-electron chi connectivity index (χ2n) is 3.30. The van der Waals surface area contributed by atoms with Gasteiger partial charge in [-0.15, -0.1) is 11.3 Å². The molecule has 14 heavy (non-hydrogen) atoms. The van der Waals surface area contributed by atoms with Gasteiger partial charge in [-0.05, 0) is 44.3 Å². The smallest absolute Gasteiger partial charge is 0.0809 e. The van der Waals surface area contributed by atoms with E-state index in [1.807, 2.05) is 7.05 Å². The Hall–Kier alpha value is -0.380. The molecule has 0 aromatic carbocycles. The molecule has 1 rings (SSSR count). The van der Waals surface area contributed by atoms with Crippen LogP contribution in [0.5, 0.6) is 0 Å². The standard InChI is InChI=1S/C11H19NOS/c1-12-7-3-2-4-8-13-10-11-6-5-9-14-11/h5-6,9,12H,2-4,7-8,10H2,1H3. The Bertz CT molecular complexity index is 211. The van der Waals surface area contributed by atoms with Crippen molar-refractivity contribution in [3.05, 3.63) is 22.4 Å². The second-order valence-corrected chi connectivity index (χ2v) is 4.33. The van der Waals surface area contributed by atoms with Crippen LogP contribution in [0, 0.1) is 0 Å². The van der Waals surface area contributed by atoms with E-state index in [9.17, 15) is 0 Å². The lowest BCUT2D eigenvalue weighted by Crippen LogP contribution is -2.07. The summed E-state index contributed by atoms with van der Waals surface area (Å²) in [5.74, 6) is 0. The van der Waals surface area contributed by atoms with Crippen LogP contribution < -0.4 is 5.32 Å². The zero-order valence-corrected chi connectivity index (χ0v) is 9.61. The van der Waals surface area contributed by atoms with Crippen LogP contribution in [0.15, 0.2) is 17.5 Å². The molecule has 0 spiro atoms. The number of hydrogen-bond donors (Lipinski definition) is 1. The first-order valence-corrected chi connectivity index (χ1v) is 6.06. The summed E-state index contributed by atoms with van der Waals surface area (Å²) in [6.45, 7) is 2.79. The molecular weight excluding hydrogens is 194 g/mol. The first-order valence-electron chi connectivity index (χ1n) is 5.18. The van der Waals surface area contributed by atoms with Gasteiger partial charge in [0.25, 0.3) is 0 Å². The lowest BCUT2D eigenvalue weighted by molar-refractivity contribution is 0.119. The second kappa shape index (κ2) is 7.97. The van der Waals surface area contributed by atoms with Crippen LogP contribution in [-0.2, 0) is 11.3 Å². The van der Waals surface area contributed by atoms with Crippen LogP contribution in [0.25, 0.3) is 0 Å². The SMILES string of the molecule is CNCCCCCOCc1cccs1. The molecule has 0 bridgehead atoms. The quantitative estimate of drug-likeness (QED) is 0.670. The maximum atomic E-state index is 5.55. The average Bonchev–Trinajstić information content (AvgIpc) is 2.69. The van der Waals surface area contributed by atoms with Crippen LogP contribution in [0.3, 0.4) is 0 Å². The first-order chi connectivity index (χ1) is 6.93. The van der Waals surface area contributed by atoms with Gasteiger partial charge < -0.3 is 10.1 Å². The van der Waals surface area contributed by atoms with Crippen LogP contribution in [0.1, 0.15) is 24.1 Å². The van der Waals surface area contributed by atoms with E-state index in [1.54, 1.807) is 11.3 Å². The Morgan fingerprint density at radius 1 is 1.36 bits per heavy atom. The molecule has 1 aromatic heterocycles. The summed E-state index contributed by atoms with van der Waals surface area (Å²) >= 11 is 1.76. The molecule has 80 valence electrons. The molecule has 2 nitrogen and oxygen atoms in total. The van der Waals surface area contributed by atoms with Gasteiger partial charge in [0.05, 0.1) is 6.61 Å². The van der Waals surface area contributed by atoms with Crippen molar-refractivity contribution in [3.63, 3.8) is 0 Å². The van der Waals surface area contributed by atoms with Gasteiger partial charge >= 0.3 is 0 Å². The fourth-order valence-electron chi connectivity index (χ4n) is 1.25. The van der Waals surface area contributed by atoms with Gasteiger partial charge in [0.1, 0.15) is 0 Å². The third-order valence-electron chi connectivity index (χ3n) is 2.04. The third-order valence-corrected chi connectivity index (χ3v) is 2.89. The Morgan fingerprint density at radius 2 is 2.29 bits per heavy atom. The number of nitrogens with one attached hydrogen (secondary N) is 1. The topological polar surface area (TPSA) is 21.3 Å². The van der Waals surface area contributed by atoms with Gasteiger partial charge in [-0.2, -0.15) is 0 Å². The van der Waals surface area contributed by atoms with Gasteiger partial charge in [0, 0.05) is 11.5 Å². The number of hydrogen-bond acceptors (Lipinski definition) is 3. The average molecular weight is 213 g/mol. The van der Waals surface area contributed by atoms with Gasteiger partial charge in [-0.25, -0.2) is 0 Å². The Labute approximate surface area is 90.3 Å². The summed E-state index contributed by atoms with van der Waals surface area (Å²) in [5, 5.41) is 5.23. The molecule has 0 aliphatic carbocycles. The fraction of sp³-hybridized carbons (Fsp3) is 0.636. The minimum absolute atomic E-state index is 0.781. The summed E-state index contributed by atoms with van der Waals surface area (Å²) in [7, 11) is 1.99. The number of rotatable bonds is 8. The molecule has 0 amide bonds. The van der Waals surface area contributed by atoms with Crippen molar-refractivity contribution in [2.24, 2.45) is 0 Å². The molecule has 0 fully saturated rings. The van der Waals surface area contributed by atoms with Gasteiger partial charge in [0.15, 0.2) is 0 Å². The highest BCUT2D eigenvalue weighted by Gasteiger charge is 1.93. The minimum atomic E-state index is 0.781. The highest BCUT2D eigenvalue weighted by Crippen LogP contribution is 2.09. The van der Waals surface area contributed by atoms with Gasteiger partial charge in [-0.1, -0.05) is 6.07 Å². The minimum Gasteiger partial charge on any atom is -0.376 e. The molecule has 0 saturated carbocycles. The van der Waals surface area contributed by atoms with E-state index in [4.69, 9.17) is 4.74 Å². The van der Waals surface area contributed by atoms with Crippen molar-refractivity contribution >= 4 is 11.3 Å². The molecule has 3 heteroatoms. The molecule has 1 heterocycles. The maximum Gasteiger partial charge on any atom is 0.0809 e. The highest BCUT2D eigenvalue weighted by molar-refractivity contribution is 7.09. The molecule has 0 atom stereocenters. The Kier molecular flexibility index (Phi) is 6.66. The molecule has 1 N–H and O–H groups in total. The molecule has 0 unspecified atom stereocenters. The van der Waals surface area contributed by atoms with E-state index in [-0.39, 0.29) is 0 Å². The van der Waals surface area contributed by atoms with E-state index >= 15 is 0 Å². The van der Waals surface area contributed by atoms with Gasteiger partial charge in [0.2, 0.25) is 0 Å². The van der Waals surface area contributed by atoms with E-state index < -0.39 is 0 Å².